The number of rotatable bonds is 7. The number of carbonyl (C=O) groups is 1. The van der Waals surface area contributed by atoms with E-state index >= 15 is 0 Å². The van der Waals surface area contributed by atoms with E-state index in [1.807, 2.05) is 6.08 Å². The Balaban J connectivity index is 1.80. The van der Waals surface area contributed by atoms with Gasteiger partial charge in [0.15, 0.2) is 0 Å². The third-order valence-electron chi connectivity index (χ3n) is 5.78. The van der Waals surface area contributed by atoms with Crippen LogP contribution in [0.15, 0.2) is 65.5 Å². The highest BCUT2D eigenvalue weighted by molar-refractivity contribution is 6.11. The number of aliphatic imine (C=N–C) groups is 1. The molecule has 1 aliphatic carbocycles. The normalized spacial score (nSPS) is 16.0. The molecule has 2 aliphatic rings. The van der Waals surface area contributed by atoms with E-state index in [1.165, 1.54) is 16.7 Å². The zero-order valence-corrected chi connectivity index (χ0v) is 18.9. The molecule has 2 aromatic rings. The van der Waals surface area contributed by atoms with Gasteiger partial charge in [-0.3, -0.25) is 4.79 Å². The standard InChI is InChI=1S/C27H29N3O2/c1-4-8-19(3)23-13-14-25-27(28-18-30(25)17-26(31)32-5-2)24(29-23)16-20-11-12-21-9-6-7-10-22(21)15-20/h6-7,9-10,13,16,18H,3-5,8,11-12,15,17H2,1-2H3/b20-16-. The summed E-state index contributed by atoms with van der Waals surface area (Å²) in [5.74, 6) is -0.293. The third kappa shape index (κ3) is 4.74. The molecule has 0 radical (unpaired) electrons. The number of esters is 1. The number of nitrogens with zero attached hydrogens (tertiary/aromatic N) is 3. The minimum atomic E-state index is -0.293. The summed E-state index contributed by atoms with van der Waals surface area (Å²) in [7, 11) is 0. The van der Waals surface area contributed by atoms with E-state index in [4.69, 9.17) is 9.73 Å². The zero-order chi connectivity index (χ0) is 22.5. The van der Waals surface area contributed by atoms with Gasteiger partial charge in [0.2, 0.25) is 0 Å². The van der Waals surface area contributed by atoms with Crippen molar-refractivity contribution < 1.29 is 9.53 Å². The molecule has 1 aromatic carbocycles. The van der Waals surface area contributed by atoms with Gasteiger partial charge in [-0.1, -0.05) is 55.5 Å². The van der Waals surface area contributed by atoms with Crippen molar-refractivity contribution in [3.05, 3.63) is 82.3 Å². The molecule has 2 heterocycles. The summed E-state index contributed by atoms with van der Waals surface area (Å²) in [6, 6.07) is 8.61. The lowest BCUT2D eigenvalue weighted by atomic mass is 9.87. The number of allylic oxidation sites excluding steroid dienone is 3. The highest BCUT2D eigenvalue weighted by Gasteiger charge is 2.15. The number of hydrogen-bond donors (Lipinski definition) is 0. The van der Waals surface area contributed by atoms with E-state index in [0.717, 1.165) is 59.8 Å². The maximum absolute atomic E-state index is 12.1. The van der Waals surface area contributed by atoms with Gasteiger partial charge >= 0.3 is 5.97 Å². The van der Waals surface area contributed by atoms with E-state index in [2.05, 4.69) is 54.6 Å². The highest BCUT2D eigenvalue weighted by Crippen LogP contribution is 2.26. The molecule has 0 fully saturated rings. The zero-order valence-electron chi connectivity index (χ0n) is 18.9. The van der Waals surface area contributed by atoms with E-state index in [0.29, 0.717) is 6.61 Å². The van der Waals surface area contributed by atoms with Crippen LogP contribution in [0.3, 0.4) is 0 Å². The van der Waals surface area contributed by atoms with Gasteiger partial charge in [0.25, 0.3) is 0 Å². The fourth-order valence-corrected chi connectivity index (χ4v) is 4.17. The third-order valence-corrected chi connectivity index (χ3v) is 5.78. The predicted molar refractivity (Wildman–Crippen MR) is 128 cm³/mol. The van der Waals surface area contributed by atoms with Gasteiger partial charge < -0.3 is 9.30 Å². The van der Waals surface area contributed by atoms with E-state index < -0.39 is 0 Å². The molecular formula is C27H29N3O2. The Morgan fingerprint density at radius 2 is 2.06 bits per heavy atom. The van der Waals surface area contributed by atoms with E-state index in [-0.39, 0.29) is 12.5 Å². The molecule has 0 spiro atoms. The molecule has 0 bridgehead atoms. The molecule has 0 N–H and O–H groups in total. The second-order valence-corrected chi connectivity index (χ2v) is 8.15. The molecule has 0 amide bonds. The second kappa shape index (κ2) is 9.80. The van der Waals surface area contributed by atoms with E-state index in [1.54, 1.807) is 17.8 Å². The van der Waals surface area contributed by atoms with Crippen molar-refractivity contribution in [2.75, 3.05) is 6.61 Å². The van der Waals surface area contributed by atoms with Crippen molar-refractivity contribution in [3.8, 4) is 0 Å². The number of carbonyl (C=O) groups excluding carboxylic acids is 1. The molecule has 0 saturated heterocycles. The van der Waals surface area contributed by atoms with Gasteiger partial charge in [0.1, 0.15) is 17.2 Å². The van der Waals surface area contributed by atoms with Crippen LogP contribution in [-0.2, 0) is 28.9 Å². The van der Waals surface area contributed by atoms with Gasteiger partial charge in [0.05, 0.1) is 24.3 Å². The molecule has 5 heteroatoms. The van der Waals surface area contributed by atoms with Crippen LogP contribution in [0.5, 0.6) is 0 Å². The van der Waals surface area contributed by atoms with Crippen molar-refractivity contribution >= 4 is 23.1 Å². The Morgan fingerprint density at radius 3 is 2.84 bits per heavy atom. The summed E-state index contributed by atoms with van der Waals surface area (Å²) in [5.41, 5.74) is 10.0. The lowest BCUT2D eigenvalue weighted by molar-refractivity contribution is -0.143. The van der Waals surface area contributed by atoms with Crippen molar-refractivity contribution in [3.63, 3.8) is 0 Å². The molecule has 1 aliphatic heterocycles. The minimum Gasteiger partial charge on any atom is -0.465 e. The number of hydrogen-bond acceptors (Lipinski definition) is 4. The van der Waals surface area contributed by atoms with Crippen LogP contribution in [-0.4, -0.2) is 27.8 Å². The molecule has 0 saturated carbocycles. The molecule has 4 rings (SSSR count). The summed E-state index contributed by atoms with van der Waals surface area (Å²) in [5, 5.41) is 1.47. The van der Waals surface area contributed by atoms with Crippen molar-refractivity contribution in [1.82, 2.24) is 9.55 Å². The largest absolute Gasteiger partial charge is 0.465 e. The van der Waals surface area contributed by atoms with Crippen LogP contribution in [0, 0.1) is 0 Å². The van der Waals surface area contributed by atoms with Crippen LogP contribution in [0.2, 0.25) is 0 Å². The minimum absolute atomic E-state index is 0.0967. The SMILES string of the molecule is C=C(CCC)C1=NC(/C=C2/CCc3ccccc3C2)=c2ncn(CC(=O)OCC)c2=C=C1. The van der Waals surface area contributed by atoms with Crippen LogP contribution in [0.25, 0.3) is 11.4 Å². The summed E-state index contributed by atoms with van der Waals surface area (Å²) >= 11 is 0. The summed E-state index contributed by atoms with van der Waals surface area (Å²) in [6.07, 6.45) is 10.5. The first-order valence-corrected chi connectivity index (χ1v) is 11.3. The fraction of sp³-hybridized carbons (Fsp3) is 0.333. The average Bonchev–Trinajstić information content (AvgIpc) is 3.08. The lowest BCUT2D eigenvalue weighted by Crippen LogP contribution is -2.32. The van der Waals surface area contributed by atoms with Gasteiger partial charge in [-0.15, -0.1) is 0 Å². The maximum atomic E-state index is 12.1. The maximum Gasteiger partial charge on any atom is 0.326 e. The molecule has 164 valence electrons. The Hall–Kier alpha value is -3.43. The van der Waals surface area contributed by atoms with Crippen LogP contribution >= 0.6 is 0 Å². The first kappa shape index (κ1) is 21.8. The lowest BCUT2D eigenvalue weighted by Gasteiger charge is -2.18. The quantitative estimate of drug-likeness (QED) is 0.637. The highest BCUT2D eigenvalue weighted by atomic mass is 16.5. The van der Waals surface area contributed by atoms with Gasteiger partial charge in [-0.25, -0.2) is 9.98 Å². The first-order chi connectivity index (χ1) is 15.6. The predicted octanol–water partition coefficient (Wildman–Crippen LogP) is 3.42. The fourth-order valence-electron chi connectivity index (χ4n) is 4.17. The molecule has 0 unspecified atom stereocenters. The molecule has 32 heavy (non-hydrogen) atoms. The summed E-state index contributed by atoms with van der Waals surface area (Å²) in [4.78, 5) is 21.7. The first-order valence-electron chi connectivity index (χ1n) is 11.3. The summed E-state index contributed by atoms with van der Waals surface area (Å²) < 4.78 is 6.90. The topological polar surface area (TPSA) is 56.5 Å². The number of ether oxygens (including phenoxy) is 1. The number of imidazole rings is 1. The number of benzene rings is 1. The Labute approximate surface area is 188 Å². The summed E-state index contributed by atoms with van der Waals surface area (Å²) in [6.45, 7) is 8.61. The molecule has 1 aromatic heterocycles. The molecule has 5 nitrogen and oxygen atoms in total. The molecule has 0 atom stereocenters. The van der Waals surface area contributed by atoms with Crippen LogP contribution < -0.4 is 10.7 Å². The average molecular weight is 428 g/mol. The molecular weight excluding hydrogens is 398 g/mol. The smallest absolute Gasteiger partial charge is 0.326 e. The van der Waals surface area contributed by atoms with Crippen LogP contribution in [0.4, 0.5) is 0 Å². The van der Waals surface area contributed by atoms with Crippen molar-refractivity contribution in [2.45, 2.75) is 52.5 Å². The Bertz CT molecular complexity index is 1270. The second-order valence-electron chi connectivity index (χ2n) is 8.15. The van der Waals surface area contributed by atoms with Gasteiger partial charge in [-0.05, 0) is 55.4 Å². The Morgan fingerprint density at radius 1 is 1.25 bits per heavy atom. The van der Waals surface area contributed by atoms with Crippen LogP contribution in [0.1, 0.15) is 44.2 Å². The number of fused-ring (bicyclic) bond motifs is 2. The monoisotopic (exact) mass is 427 g/mol. The van der Waals surface area contributed by atoms with E-state index in [9.17, 15) is 4.79 Å². The number of aromatic nitrogens is 2. The van der Waals surface area contributed by atoms with Gasteiger partial charge in [-0.2, -0.15) is 0 Å². The number of aryl methyl sites for hydroxylation is 1. The Kier molecular flexibility index (Phi) is 6.67. The van der Waals surface area contributed by atoms with Gasteiger partial charge in [0, 0.05) is 6.08 Å². The van der Waals surface area contributed by atoms with Crippen molar-refractivity contribution in [2.24, 2.45) is 4.99 Å². The van der Waals surface area contributed by atoms with Crippen molar-refractivity contribution in [1.29, 1.82) is 0 Å².